The average Bonchev–Trinajstić information content (AvgIpc) is 3.62. The maximum atomic E-state index is 13.3. The van der Waals surface area contributed by atoms with Gasteiger partial charge in [0.05, 0.1) is 6.04 Å². The highest BCUT2D eigenvalue weighted by Crippen LogP contribution is 2.33. The van der Waals surface area contributed by atoms with Crippen molar-refractivity contribution in [2.24, 2.45) is 17.8 Å². The van der Waals surface area contributed by atoms with Gasteiger partial charge in [0, 0.05) is 51.6 Å². The van der Waals surface area contributed by atoms with Crippen LogP contribution in [-0.2, 0) is 4.79 Å². The van der Waals surface area contributed by atoms with Crippen LogP contribution in [0.4, 0.5) is 0 Å². The molecular weight excluding hydrogens is 452 g/mol. The Hall–Kier alpha value is -2.93. The maximum Gasteiger partial charge on any atom is 0.260 e. The second-order valence-electron chi connectivity index (χ2n) is 11.0. The number of benzene rings is 1. The number of nitrogens with zero attached hydrogens (tertiary/aromatic N) is 3. The van der Waals surface area contributed by atoms with E-state index in [0.29, 0.717) is 23.1 Å². The molecule has 3 heterocycles. The number of carbonyl (C=O) groups is 2. The van der Waals surface area contributed by atoms with Crippen molar-refractivity contribution in [1.29, 1.82) is 0 Å². The topological polar surface area (TPSA) is 79.6 Å². The molecule has 0 bridgehead atoms. The van der Waals surface area contributed by atoms with E-state index in [9.17, 15) is 14.8 Å². The average molecular weight is 491 g/mol. The van der Waals surface area contributed by atoms with Crippen molar-refractivity contribution in [3.63, 3.8) is 0 Å². The molecule has 36 heavy (non-hydrogen) atoms. The quantitative estimate of drug-likeness (QED) is 0.477. The third-order valence-corrected chi connectivity index (χ3v) is 8.59. The molecule has 192 valence electrons. The highest BCUT2D eigenvalue weighted by molar-refractivity contribution is 5.96. The molecule has 2 unspecified atom stereocenters. The van der Waals surface area contributed by atoms with Crippen molar-refractivity contribution in [2.45, 2.75) is 52.0 Å². The Bertz CT molecular complexity index is 1090. The summed E-state index contributed by atoms with van der Waals surface area (Å²) in [6.45, 7) is 7.98. The molecule has 3 atom stereocenters. The van der Waals surface area contributed by atoms with Gasteiger partial charge in [-0.3, -0.25) is 9.59 Å². The van der Waals surface area contributed by atoms with Gasteiger partial charge in [0.15, 0.2) is 6.20 Å². The molecule has 1 saturated carbocycles. The fraction of sp³-hybridized carbons (Fsp3) is 0.552. The molecule has 2 amide bonds. The lowest BCUT2D eigenvalue weighted by Gasteiger charge is -2.26. The highest BCUT2D eigenvalue weighted by Gasteiger charge is 2.42. The second kappa shape index (κ2) is 10.6. The lowest BCUT2D eigenvalue weighted by atomic mass is 10.0. The molecule has 7 heteroatoms. The van der Waals surface area contributed by atoms with Crippen LogP contribution in [-0.4, -0.2) is 54.3 Å². The Balaban J connectivity index is 1.17. The first-order valence-electron chi connectivity index (χ1n) is 13.5. The highest BCUT2D eigenvalue weighted by atomic mass is 16.5. The van der Waals surface area contributed by atoms with Gasteiger partial charge in [-0.15, -0.1) is 0 Å². The van der Waals surface area contributed by atoms with Crippen LogP contribution in [0.3, 0.4) is 0 Å². The Morgan fingerprint density at radius 1 is 1.03 bits per heavy atom. The summed E-state index contributed by atoms with van der Waals surface area (Å²) in [4.78, 5) is 30.6. The van der Waals surface area contributed by atoms with Crippen molar-refractivity contribution in [3.05, 3.63) is 70.2 Å². The van der Waals surface area contributed by atoms with Gasteiger partial charge < -0.3 is 20.3 Å². The molecule has 1 aliphatic carbocycles. The van der Waals surface area contributed by atoms with E-state index in [1.807, 2.05) is 30.0 Å². The Morgan fingerprint density at radius 3 is 2.36 bits per heavy atom. The molecule has 0 radical (unpaired) electrons. The molecule has 5 rings (SSSR count). The van der Waals surface area contributed by atoms with Crippen molar-refractivity contribution in [2.75, 3.05) is 32.7 Å². The first-order chi connectivity index (χ1) is 17.4. The van der Waals surface area contributed by atoms with E-state index in [2.05, 4.69) is 22.3 Å². The molecule has 3 aliphatic rings. The zero-order chi connectivity index (χ0) is 25.2. The number of pyridine rings is 1. The first kappa shape index (κ1) is 24.8. The Labute approximate surface area is 214 Å². The summed E-state index contributed by atoms with van der Waals surface area (Å²) >= 11 is 0. The predicted molar refractivity (Wildman–Crippen MR) is 138 cm³/mol. The van der Waals surface area contributed by atoms with Crippen LogP contribution in [0.2, 0.25) is 0 Å². The second-order valence-corrected chi connectivity index (χ2v) is 11.0. The van der Waals surface area contributed by atoms with Crippen LogP contribution in [0, 0.1) is 36.8 Å². The Kier molecular flexibility index (Phi) is 7.28. The van der Waals surface area contributed by atoms with Crippen LogP contribution in [0.5, 0.6) is 0 Å². The summed E-state index contributed by atoms with van der Waals surface area (Å²) in [7, 11) is 0. The lowest BCUT2D eigenvalue weighted by molar-refractivity contribution is -0.612. The van der Waals surface area contributed by atoms with Crippen LogP contribution >= 0.6 is 0 Å². The molecule has 1 aromatic heterocycles. The van der Waals surface area contributed by atoms with Crippen LogP contribution in [0.25, 0.3) is 0 Å². The molecule has 3 fully saturated rings. The number of rotatable bonds is 7. The summed E-state index contributed by atoms with van der Waals surface area (Å²) in [5.74, 6) is 1.27. The number of hydrogen-bond donors (Lipinski definition) is 1. The zero-order valence-corrected chi connectivity index (χ0v) is 21.5. The van der Waals surface area contributed by atoms with Crippen molar-refractivity contribution in [1.82, 2.24) is 15.1 Å². The fourth-order valence-electron chi connectivity index (χ4n) is 6.49. The van der Waals surface area contributed by atoms with E-state index in [4.69, 9.17) is 0 Å². The summed E-state index contributed by atoms with van der Waals surface area (Å²) in [6, 6.07) is 12.1. The van der Waals surface area contributed by atoms with E-state index < -0.39 is 0 Å². The van der Waals surface area contributed by atoms with Crippen molar-refractivity contribution < 1.29 is 14.3 Å². The summed E-state index contributed by atoms with van der Waals surface area (Å²) in [5, 5.41) is 15.4. The minimum Gasteiger partial charge on any atom is -0.618 e. The van der Waals surface area contributed by atoms with Crippen LogP contribution in [0.15, 0.2) is 42.6 Å². The largest absolute Gasteiger partial charge is 0.618 e. The monoisotopic (exact) mass is 490 g/mol. The van der Waals surface area contributed by atoms with Crippen molar-refractivity contribution >= 4 is 11.8 Å². The smallest absolute Gasteiger partial charge is 0.260 e. The third-order valence-electron chi connectivity index (χ3n) is 8.59. The third kappa shape index (κ3) is 5.12. The van der Waals surface area contributed by atoms with Crippen LogP contribution in [0.1, 0.15) is 65.3 Å². The van der Waals surface area contributed by atoms with E-state index in [1.165, 1.54) is 11.8 Å². The van der Waals surface area contributed by atoms with E-state index in [0.717, 1.165) is 75.1 Å². The number of hydrogen-bond acceptors (Lipinski definition) is 4. The van der Waals surface area contributed by atoms with E-state index in [1.54, 1.807) is 13.0 Å². The van der Waals surface area contributed by atoms with E-state index >= 15 is 0 Å². The molecular formula is C29H38N4O3. The maximum absolute atomic E-state index is 13.3. The number of nitrogens with one attached hydrogen (secondary N) is 1. The summed E-state index contributed by atoms with van der Waals surface area (Å²) < 4.78 is 0.785. The summed E-state index contributed by atoms with van der Waals surface area (Å²) in [6.07, 6.45) is 6.69. The lowest BCUT2D eigenvalue weighted by Crippen LogP contribution is -2.38. The molecule has 7 nitrogen and oxygen atoms in total. The number of amides is 2. The van der Waals surface area contributed by atoms with Crippen LogP contribution < -0.4 is 10.0 Å². The van der Waals surface area contributed by atoms with Gasteiger partial charge in [-0.05, 0) is 49.1 Å². The molecule has 1 N–H and O–H groups in total. The van der Waals surface area contributed by atoms with Gasteiger partial charge in [0.25, 0.3) is 5.91 Å². The van der Waals surface area contributed by atoms with Gasteiger partial charge in [-0.2, -0.15) is 4.73 Å². The Morgan fingerprint density at radius 2 is 1.69 bits per heavy atom. The number of carbonyl (C=O) groups excluding carboxylic acids is 2. The zero-order valence-electron chi connectivity index (χ0n) is 21.5. The molecule has 2 aliphatic heterocycles. The standard InChI is InChI=1S/C29H38N4O3/c1-20-12-15-33(36)21(2)27(20)29(35)32-18-24-16-31(17-25(24)19-32)14-13-26(22-8-4-3-5-9-22)30-28(34)23-10-6-7-11-23/h3-5,8-9,12,15,23-26H,6-7,10-11,13-14,16-19H2,1-2H3,(H,30,34)/t24?,25?,26-/m0/s1. The molecule has 0 spiro atoms. The number of aryl methyl sites for hydroxylation is 1. The van der Waals surface area contributed by atoms with Gasteiger partial charge in [-0.25, -0.2) is 0 Å². The van der Waals surface area contributed by atoms with Gasteiger partial charge in [0.2, 0.25) is 11.6 Å². The SMILES string of the molecule is Cc1cc[n+]([O-])c(C)c1C(=O)N1CC2CN(CC[C@H](NC(=O)C3CCCC3)c3ccccc3)CC2C1. The van der Waals surface area contributed by atoms with Gasteiger partial charge in [-0.1, -0.05) is 43.2 Å². The summed E-state index contributed by atoms with van der Waals surface area (Å²) in [5.41, 5.74) is 3.05. The van der Waals surface area contributed by atoms with E-state index in [-0.39, 0.29) is 23.8 Å². The number of fused-ring (bicyclic) bond motifs is 1. The minimum absolute atomic E-state index is 0.0186. The normalized spacial score (nSPS) is 23.1. The number of likely N-dealkylation sites (tertiary alicyclic amines) is 2. The van der Waals surface area contributed by atoms with Gasteiger partial charge in [0.1, 0.15) is 5.56 Å². The minimum atomic E-state index is -0.0186. The molecule has 2 aromatic rings. The van der Waals surface area contributed by atoms with Crippen molar-refractivity contribution in [3.8, 4) is 0 Å². The predicted octanol–water partition coefficient (Wildman–Crippen LogP) is 3.38. The fourth-order valence-corrected chi connectivity index (χ4v) is 6.49. The first-order valence-corrected chi connectivity index (χ1v) is 13.5. The molecule has 2 saturated heterocycles. The van der Waals surface area contributed by atoms with Gasteiger partial charge >= 0.3 is 0 Å². The molecule has 1 aromatic carbocycles. The number of aromatic nitrogens is 1.